The number of hydrogen-bond donors (Lipinski definition) is 3. The van der Waals surface area contributed by atoms with Crippen molar-refractivity contribution in [3.8, 4) is 11.5 Å². The minimum absolute atomic E-state index is 0.0950. The van der Waals surface area contributed by atoms with Crippen molar-refractivity contribution in [2.45, 2.75) is 32.6 Å². The van der Waals surface area contributed by atoms with Crippen molar-refractivity contribution in [2.24, 2.45) is 0 Å². The molecule has 1 atom stereocenters. The molecule has 0 amide bonds. The highest BCUT2D eigenvalue weighted by atomic mass is 16.5. The van der Waals surface area contributed by atoms with E-state index in [0.717, 1.165) is 11.3 Å². The van der Waals surface area contributed by atoms with E-state index in [1.54, 1.807) is 7.11 Å². The molecule has 0 aliphatic heterocycles. The Hall–Kier alpha value is -1.30. The van der Waals surface area contributed by atoms with Crippen LogP contribution in [0.15, 0.2) is 18.2 Å². The van der Waals surface area contributed by atoms with Gasteiger partial charge in [0, 0.05) is 13.1 Å². The maximum atomic E-state index is 9.22. The number of rotatable bonds is 8. The maximum Gasteiger partial charge on any atom is 0.161 e. The van der Waals surface area contributed by atoms with Gasteiger partial charge < -0.3 is 25.0 Å². The second-order valence-electron chi connectivity index (χ2n) is 4.62. The van der Waals surface area contributed by atoms with Crippen molar-refractivity contribution in [1.82, 2.24) is 5.32 Å². The maximum absolute atomic E-state index is 9.22. The molecule has 1 unspecified atom stereocenters. The number of aliphatic hydroxyl groups is 2. The van der Waals surface area contributed by atoms with Gasteiger partial charge in [-0.1, -0.05) is 6.07 Å². The molecule has 1 aromatic carbocycles. The van der Waals surface area contributed by atoms with Gasteiger partial charge in [0.05, 0.1) is 25.9 Å². The third kappa shape index (κ3) is 5.46. The van der Waals surface area contributed by atoms with E-state index in [0.29, 0.717) is 18.8 Å². The van der Waals surface area contributed by atoms with E-state index in [-0.39, 0.29) is 12.7 Å². The minimum atomic E-state index is -0.731. The van der Waals surface area contributed by atoms with Gasteiger partial charge in [0.1, 0.15) is 0 Å². The number of ether oxygens (including phenoxy) is 2. The molecule has 0 aliphatic carbocycles. The Bertz CT molecular complexity index is 382. The number of hydrogen-bond acceptors (Lipinski definition) is 5. The van der Waals surface area contributed by atoms with Crippen LogP contribution < -0.4 is 14.8 Å². The topological polar surface area (TPSA) is 71.0 Å². The number of benzene rings is 1. The van der Waals surface area contributed by atoms with E-state index >= 15 is 0 Å². The summed E-state index contributed by atoms with van der Waals surface area (Å²) in [5.41, 5.74) is 1.03. The summed E-state index contributed by atoms with van der Waals surface area (Å²) < 4.78 is 10.9. The van der Waals surface area contributed by atoms with Crippen molar-refractivity contribution in [1.29, 1.82) is 0 Å². The molecule has 0 aliphatic rings. The Morgan fingerprint density at radius 3 is 2.58 bits per heavy atom. The second kappa shape index (κ2) is 7.99. The quantitative estimate of drug-likeness (QED) is 0.655. The van der Waals surface area contributed by atoms with Crippen LogP contribution in [0.5, 0.6) is 11.5 Å². The van der Waals surface area contributed by atoms with Crippen LogP contribution in [0.3, 0.4) is 0 Å². The van der Waals surface area contributed by atoms with Gasteiger partial charge in [0.25, 0.3) is 0 Å². The lowest BCUT2D eigenvalue weighted by atomic mass is 10.2. The van der Waals surface area contributed by atoms with Crippen LogP contribution in [-0.2, 0) is 6.54 Å². The Morgan fingerprint density at radius 1 is 1.26 bits per heavy atom. The van der Waals surface area contributed by atoms with Crippen molar-refractivity contribution in [2.75, 3.05) is 20.3 Å². The molecule has 0 bridgehead atoms. The zero-order valence-corrected chi connectivity index (χ0v) is 11.7. The van der Waals surface area contributed by atoms with Gasteiger partial charge in [0.15, 0.2) is 11.5 Å². The molecular weight excluding hydrogens is 246 g/mol. The highest BCUT2D eigenvalue weighted by Gasteiger charge is 2.08. The van der Waals surface area contributed by atoms with Gasteiger partial charge in [-0.3, -0.25) is 0 Å². The van der Waals surface area contributed by atoms with E-state index in [4.69, 9.17) is 14.6 Å². The van der Waals surface area contributed by atoms with Crippen LogP contribution >= 0.6 is 0 Å². The minimum Gasteiger partial charge on any atom is -0.493 e. The predicted octanol–water partition coefficient (Wildman–Crippen LogP) is 0.925. The van der Waals surface area contributed by atoms with Crippen LogP contribution in [-0.4, -0.2) is 42.7 Å². The summed E-state index contributed by atoms with van der Waals surface area (Å²) in [5, 5.41) is 21.0. The summed E-state index contributed by atoms with van der Waals surface area (Å²) in [6.07, 6.45) is -0.636. The van der Waals surface area contributed by atoms with Gasteiger partial charge in [-0.25, -0.2) is 0 Å². The molecule has 0 radical (unpaired) electrons. The van der Waals surface area contributed by atoms with Crippen molar-refractivity contribution in [3.05, 3.63) is 23.8 Å². The lowest BCUT2D eigenvalue weighted by Crippen LogP contribution is -2.28. The molecule has 1 rings (SSSR count). The Balaban J connectivity index is 2.61. The fourth-order valence-electron chi connectivity index (χ4n) is 1.62. The summed E-state index contributed by atoms with van der Waals surface area (Å²) in [4.78, 5) is 0. The SMILES string of the molecule is COc1cc(CNCC(O)CO)ccc1OC(C)C. The predicted molar refractivity (Wildman–Crippen MR) is 73.6 cm³/mol. The van der Waals surface area contributed by atoms with Gasteiger partial charge in [-0.05, 0) is 31.5 Å². The monoisotopic (exact) mass is 269 g/mol. The number of aliphatic hydroxyl groups excluding tert-OH is 2. The first-order valence-corrected chi connectivity index (χ1v) is 6.40. The smallest absolute Gasteiger partial charge is 0.161 e. The zero-order chi connectivity index (χ0) is 14.3. The van der Waals surface area contributed by atoms with E-state index in [2.05, 4.69) is 5.32 Å². The van der Waals surface area contributed by atoms with Crippen LogP contribution in [0.2, 0.25) is 0 Å². The van der Waals surface area contributed by atoms with E-state index in [1.807, 2.05) is 32.0 Å². The van der Waals surface area contributed by atoms with E-state index < -0.39 is 6.10 Å². The van der Waals surface area contributed by atoms with Crippen LogP contribution in [0.4, 0.5) is 0 Å². The highest BCUT2D eigenvalue weighted by molar-refractivity contribution is 5.43. The highest BCUT2D eigenvalue weighted by Crippen LogP contribution is 2.28. The van der Waals surface area contributed by atoms with Gasteiger partial charge in [-0.2, -0.15) is 0 Å². The zero-order valence-electron chi connectivity index (χ0n) is 11.7. The third-order valence-electron chi connectivity index (χ3n) is 2.51. The van der Waals surface area contributed by atoms with E-state index in [9.17, 15) is 5.11 Å². The summed E-state index contributed by atoms with van der Waals surface area (Å²) in [5.74, 6) is 1.41. The lowest BCUT2D eigenvalue weighted by Gasteiger charge is -2.15. The molecule has 0 aromatic heterocycles. The van der Waals surface area contributed by atoms with Gasteiger partial charge in [-0.15, -0.1) is 0 Å². The first kappa shape index (κ1) is 15.8. The van der Waals surface area contributed by atoms with E-state index in [1.165, 1.54) is 0 Å². The molecular formula is C14H23NO4. The largest absolute Gasteiger partial charge is 0.493 e. The van der Waals surface area contributed by atoms with Crippen molar-refractivity contribution in [3.63, 3.8) is 0 Å². The summed E-state index contributed by atoms with van der Waals surface area (Å²) in [7, 11) is 1.61. The summed E-state index contributed by atoms with van der Waals surface area (Å²) in [6, 6.07) is 5.72. The molecule has 0 fully saturated rings. The normalized spacial score (nSPS) is 12.5. The van der Waals surface area contributed by atoms with Crippen LogP contribution in [0.25, 0.3) is 0 Å². The fraction of sp³-hybridized carbons (Fsp3) is 0.571. The molecule has 0 spiro atoms. The molecule has 0 saturated carbocycles. The fourth-order valence-corrected chi connectivity index (χ4v) is 1.62. The standard InChI is InChI=1S/C14H23NO4/c1-10(2)19-13-5-4-11(6-14(13)18-3)7-15-8-12(17)9-16/h4-6,10,12,15-17H,7-9H2,1-3H3. The van der Waals surface area contributed by atoms with Crippen LogP contribution in [0.1, 0.15) is 19.4 Å². The molecule has 1 aromatic rings. The molecule has 3 N–H and O–H groups in total. The van der Waals surface area contributed by atoms with Crippen LogP contribution in [0, 0.1) is 0 Å². The van der Waals surface area contributed by atoms with Crippen molar-refractivity contribution < 1.29 is 19.7 Å². The Labute approximate surface area is 114 Å². The van der Waals surface area contributed by atoms with Crippen molar-refractivity contribution >= 4 is 0 Å². The Morgan fingerprint density at radius 2 is 2.00 bits per heavy atom. The average molecular weight is 269 g/mol. The molecule has 19 heavy (non-hydrogen) atoms. The molecule has 0 heterocycles. The Kier molecular flexibility index (Phi) is 6.62. The first-order chi connectivity index (χ1) is 9.06. The number of methoxy groups -OCH3 is 1. The molecule has 0 saturated heterocycles. The third-order valence-corrected chi connectivity index (χ3v) is 2.51. The number of nitrogens with one attached hydrogen (secondary N) is 1. The lowest BCUT2D eigenvalue weighted by molar-refractivity contribution is 0.0942. The van der Waals surface area contributed by atoms with Gasteiger partial charge >= 0.3 is 0 Å². The molecule has 5 heteroatoms. The average Bonchev–Trinajstić information content (AvgIpc) is 2.39. The molecule has 5 nitrogen and oxygen atoms in total. The van der Waals surface area contributed by atoms with Gasteiger partial charge in [0.2, 0.25) is 0 Å². The second-order valence-corrected chi connectivity index (χ2v) is 4.62. The molecule has 108 valence electrons. The summed E-state index contributed by atoms with van der Waals surface area (Å²) >= 11 is 0. The first-order valence-electron chi connectivity index (χ1n) is 6.40. The summed E-state index contributed by atoms with van der Waals surface area (Å²) in [6.45, 7) is 4.63.